The third kappa shape index (κ3) is 2.72. The summed E-state index contributed by atoms with van der Waals surface area (Å²) in [5.41, 5.74) is 0. The first kappa shape index (κ1) is 14.4. The Hall–Kier alpha value is -1.20. The van der Waals surface area contributed by atoms with Crippen LogP contribution in [0.4, 0.5) is 5.82 Å². The zero-order chi connectivity index (χ0) is 14.9. The first-order chi connectivity index (χ1) is 10.8. The van der Waals surface area contributed by atoms with E-state index in [1.54, 1.807) is 0 Å². The molecule has 22 heavy (non-hydrogen) atoms. The van der Waals surface area contributed by atoms with Crippen molar-refractivity contribution < 1.29 is 0 Å². The maximum absolute atomic E-state index is 4.81. The standard InChI is InChI=1S/C17H27N5/c1-2-20-8-10-21(11-9-20)15-12-22(13-15)16-6-7-18-17(19-16)14-4-3-5-14/h6-7,14-15H,2-5,8-13H2,1H3. The fourth-order valence-electron chi connectivity index (χ4n) is 3.72. The van der Waals surface area contributed by atoms with Crippen molar-refractivity contribution in [2.24, 2.45) is 0 Å². The minimum absolute atomic E-state index is 0.624. The average molecular weight is 301 g/mol. The molecule has 2 saturated heterocycles. The van der Waals surface area contributed by atoms with Gasteiger partial charge in [-0.1, -0.05) is 13.3 Å². The second-order valence-corrected chi connectivity index (χ2v) is 6.93. The summed E-state index contributed by atoms with van der Waals surface area (Å²) in [4.78, 5) is 16.9. The first-order valence-corrected chi connectivity index (χ1v) is 8.88. The van der Waals surface area contributed by atoms with E-state index in [1.807, 2.05) is 6.20 Å². The summed E-state index contributed by atoms with van der Waals surface area (Å²) in [7, 11) is 0. The minimum Gasteiger partial charge on any atom is -0.353 e. The van der Waals surface area contributed by atoms with Crippen molar-refractivity contribution in [2.45, 2.75) is 38.1 Å². The topological polar surface area (TPSA) is 35.5 Å². The molecule has 0 radical (unpaired) electrons. The van der Waals surface area contributed by atoms with Gasteiger partial charge in [0, 0.05) is 57.4 Å². The maximum Gasteiger partial charge on any atom is 0.133 e. The number of likely N-dealkylation sites (N-methyl/N-ethyl adjacent to an activating group) is 1. The van der Waals surface area contributed by atoms with Crippen molar-refractivity contribution in [3.05, 3.63) is 18.1 Å². The molecule has 1 aromatic heterocycles. The van der Waals surface area contributed by atoms with Crippen LogP contribution >= 0.6 is 0 Å². The monoisotopic (exact) mass is 301 g/mol. The Kier molecular flexibility index (Phi) is 4.01. The summed E-state index contributed by atoms with van der Waals surface area (Å²) in [6.45, 7) is 10.6. The second-order valence-electron chi connectivity index (χ2n) is 6.93. The number of nitrogens with zero attached hydrogens (tertiary/aromatic N) is 5. The number of hydrogen-bond acceptors (Lipinski definition) is 5. The lowest BCUT2D eigenvalue weighted by atomic mass is 9.85. The van der Waals surface area contributed by atoms with Crippen LogP contribution in [0.2, 0.25) is 0 Å². The van der Waals surface area contributed by atoms with Gasteiger partial charge < -0.3 is 9.80 Å². The molecule has 2 aliphatic heterocycles. The molecule has 1 saturated carbocycles. The summed E-state index contributed by atoms with van der Waals surface area (Å²) in [5.74, 6) is 2.84. The van der Waals surface area contributed by atoms with Crippen LogP contribution in [0, 0.1) is 0 Å². The quantitative estimate of drug-likeness (QED) is 0.843. The lowest BCUT2D eigenvalue weighted by Gasteiger charge is -2.48. The molecule has 1 aromatic rings. The third-order valence-electron chi connectivity index (χ3n) is 5.69. The molecule has 3 fully saturated rings. The molecular formula is C17H27N5. The van der Waals surface area contributed by atoms with Gasteiger partial charge in [-0.05, 0) is 25.5 Å². The van der Waals surface area contributed by atoms with E-state index in [9.17, 15) is 0 Å². The molecule has 0 N–H and O–H groups in total. The second kappa shape index (κ2) is 6.13. The van der Waals surface area contributed by atoms with E-state index < -0.39 is 0 Å². The summed E-state index contributed by atoms with van der Waals surface area (Å²) in [6, 6.07) is 2.80. The summed E-state index contributed by atoms with van der Waals surface area (Å²) >= 11 is 0. The lowest BCUT2D eigenvalue weighted by Crippen LogP contribution is -2.63. The number of piperazine rings is 1. The molecule has 0 aromatic carbocycles. The summed E-state index contributed by atoms with van der Waals surface area (Å²) in [5, 5.41) is 0. The van der Waals surface area contributed by atoms with Crippen LogP contribution in [0.3, 0.4) is 0 Å². The van der Waals surface area contributed by atoms with E-state index in [1.165, 1.54) is 52.0 Å². The fourth-order valence-corrected chi connectivity index (χ4v) is 3.72. The average Bonchev–Trinajstić information content (AvgIpc) is 2.45. The Morgan fingerprint density at radius 1 is 1.14 bits per heavy atom. The van der Waals surface area contributed by atoms with Gasteiger partial charge in [-0.15, -0.1) is 0 Å². The van der Waals surface area contributed by atoms with E-state index >= 15 is 0 Å². The van der Waals surface area contributed by atoms with E-state index in [-0.39, 0.29) is 0 Å². The highest BCUT2D eigenvalue weighted by Crippen LogP contribution is 2.35. The Bertz CT molecular complexity index is 502. The highest BCUT2D eigenvalue weighted by Gasteiger charge is 2.34. The van der Waals surface area contributed by atoms with Crippen LogP contribution in [0.15, 0.2) is 12.3 Å². The molecular weight excluding hydrogens is 274 g/mol. The SMILES string of the molecule is CCN1CCN(C2CN(c3ccnc(C4CCC4)n3)C2)CC1. The molecule has 0 spiro atoms. The van der Waals surface area contributed by atoms with Gasteiger partial charge in [-0.25, -0.2) is 9.97 Å². The van der Waals surface area contributed by atoms with Crippen molar-refractivity contribution in [3.63, 3.8) is 0 Å². The number of rotatable bonds is 4. The Labute approximate surface area is 133 Å². The normalized spacial score (nSPS) is 25.0. The molecule has 5 nitrogen and oxygen atoms in total. The Morgan fingerprint density at radius 2 is 1.91 bits per heavy atom. The third-order valence-corrected chi connectivity index (χ3v) is 5.69. The first-order valence-electron chi connectivity index (χ1n) is 8.88. The van der Waals surface area contributed by atoms with E-state index in [0.29, 0.717) is 5.92 Å². The number of aromatic nitrogens is 2. The number of anilines is 1. The van der Waals surface area contributed by atoms with Crippen LogP contribution in [0.1, 0.15) is 37.9 Å². The highest BCUT2D eigenvalue weighted by atomic mass is 15.4. The van der Waals surface area contributed by atoms with Crippen LogP contribution < -0.4 is 4.90 Å². The van der Waals surface area contributed by atoms with Crippen LogP contribution in [0.5, 0.6) is 0 Å². The van der Waals surface area contributed by atoms with Gasteiger partial charge in [0.05, 0.1) is 0 Å². The van der Waals surface area contributed by atoms with Gasteiger partial charge in [0.25, 0.3) is 0 Å². The molecule has 4 rings (SSSR count). The highest BCUT2D eigenvalue weighted by molar-refractivity contribution is 5.42. The lowest BCUT2D eigenvalue weighted by molar-refractivity contribution is 0.0859. The minimum atomic E-state index is 0.624. The molecule has 0 unspecified atom stereocenters. The van der Waals surface area contributed by atoms with Crippen LogP contribution in [0.25, 0.3) is 0 Å². The Morgan fingerprint density at radius 3 is 2.55 bits per heavy atom. The van der Waals surface area contributed by atoms with Crippen LogP contribution in [-0.2, 0) is 0 Å². The Balaban J connectivity index is 1.31. The predicted octanol–water partition coefficient (Wildman–Crippen LogP) is 1.57. The number of hydrogen-bond donors (Lipinski definition) is 0. The molecule has 0 atom stereocenters. The van der Waals surface area contributed by atoms with Gasteiger partial charge in [-0.3, -0.25) is 4.90 Å². The fraction of sp³-hybridized carbons (Fsp3) is 0.765. The van der Waals surface area contributed by atoms with Gasteiger partial charge in [0.2, 0.25) is 0 Å². The maximum atomic E-state index is 4.81. The van der Waals surface area contributed by atoms with Crippen molar-refractivity contribution in [2.75, 3.05) is 50.7 Å². The summed E-state index contributed by atoms with van der Waals surface area (Å²) in [6.07, 6.45) is 5.83. The van der Waals surface area contributed by atoms with Gasteiger partial charge in [-0.2, -0.15) is 0 Å². The molecule has 120 valence electrons. The van der Waals surface area contributed by atoms with Gasteiger partial charge >= 0.3 is 0 Å². The van der Waals surface area contributed by atoms with Crippen LogP contribution in [-0.4, -0.2) is 71.6 Å². The van der Waals surface area contributed by atoms with Gasteiger partial charge in [0.1, 0.15) is 11.6 Å². The van der Waals surface area contributed by atoms with Crippen molar-refractivity contribution in [1.82, 2.24) is 19.8 Å². The molecule has 1 aliphatic carbocycles. The van der Waals surface area contributed by atoms with E-state index in [2.05, 4.69) is 32.7 Å². The zero-order valence-corrected chi connectivity index (χ0v) is 13.6. The molecule has 3 heterocycles. The molecule has 3 aliphatic rings. The predicted molar refractivity (Wildman–Crippen MR) is 88.3 cm³/mol. The largest absolute Gasteiger partial charge is 0.353 e. The van der Waals surface area contributed by atoms with Gasteiger partial charge in [0.15, 0.2) is 0 Å². The van der Waals surface area contributed by atoms with Crippen molar-refractivity contribution in [3.8, 4) is 0 Å². The van der Waals surface area contributed by atoms with Crippen molar-refractivity contribution >= 4 is 5.82 Å². The van der Waals surface area contributed by atoms with Crippen molar-refractivity contribution in [1.29, 1.82) is 0 Å². The smallest absolute Gasteiger partial charge is 0.133 e. The zero-order valence-electron chi connectivity index (χ0n) is 13.6. The summed E-state index contributed by atoms with van der Waals surface area (Å²) < 4.78 is 0. The van der Waals surface area contributed by atoms with E-state index in [4.69, 9.17) is 4.98 Å². The molecule has 0 bridgehead atoms. The molecule has 5 heteroatoms. The molecule has 0 amide bonds. The van der Waals surface area contributed by atoms with E-state index in [0.717, 1.165) is 30.8 Å².